The van der Waals surface area contributed by atoms with E-state index < -0.39 is 5.97 Å². The molecular formula is C11H12N2O3. The van der Waals surface area contributed by atoms with Crippen LogP contribution in [0.2, 0.25) is 0 Å². The minimum absolute atomic E-state index is 0.0290. The van der Waals surface area contributed by atoms with E-state index in [-0.39, 0.29) is 6.54 Å². The van der Waals surface area contributed by atoms with Crippen molar-refractivity contribution in [3.63, 3.8) is 0 Å². The van der Waals surface area contributed by atoms with Crippen LogP contribution in [0, 0.1) is 0 Å². The number of para-hydroxylation sites is 2. The van der Waals surface area contributed by atoms with Crippen LogP contribution in [-0.4, -0.2) is 34.6 Å². The van der Waals surface area contributed by atoms with E-state index in [2.05, 4.69) is 4.98 Å². The first-order valence-corrected chi connectivity index (χ1v) is 4.90. The van der Waals surface area contributed by atoms with Crippen molar-refractivity contribution in [2.24, 2.45) is 0 Å². The van der Waals surface area contributed by atoms with Gasteiger partial charge < -0.3 is 9.52 Å². The predicted molar refractivity (Wildman–Crippen MR) is 58.0 cm³/mol. The van der Waals surface area contributed by atoms with Crippen LogP contribution in [-0.2, 0) is 11.3 Å². The molecule has 5 heteroatoms. The van der Waals surface area contributed by atoms with Crippen molar-refractivity contribution in [2.45, 2.75) is 6.54 Å². The maximum absolute atomic E-state index is 10.5. The van der Waals surface area contributed by atoms with Gasteiger partial charge in [0.25, 0.3) is 0 Å². The van der Waals surface area contributed by atoms with E-state index in [1.165, 1.54) is 0 Å². The Labute approximate surface area is 92.3 Å². The largest absolute Gasteiger partial charge is 0.480 e. The summed E-state index contributed by atoms with van der Waals surface area (Å²) in [6.07, 6.45) is 0. The lowest BCUT2D eigenvalue weighted by molar-refractivity contribution is -0.138. The highest BCUT2D eigenvalue weighted by atomic mass is 16.4. The monoisotopic (exact) mass is 220 g/mol. The van der Waals surface area contributed by atoms with Gasteiger partial charge in [0.15, 0.2) is 5.58 Å². The van der Waals surface area contributed by atoms with Gasteiger partial charge in [-0.3, -0.25) is 9.69 Å². The van der Waals surface area contributed by atoms with Gasteiger partial charge in [-0.05, 0) is 19.2 Å². The molecule has 0 bridgehead atoms. The second kappa shape index (κ2) is 4.32. The average Bonchev–Trinajstić information content (AvgIpc) is 2.57. The van der Waals surface area contributed by atoms with E-state index in [0.717, 1.165) is 11.1 Å². The molecule has 0 aliphatic carbocycles. The van der Waals surface area contributed by atoms with Crippen LogP contribution >= 0.6 is 0 Å². The summed E-state index contributed by atoms with van der Waals surface area (Å²) in [6.45, 7) is 0.361. The van der Waals surface area contributed by atoms with Crippen molar-refractivity contribution < 1.29 is 14.3 Å². The fraction of sp³-hybridized carbons (Fsp3) is 0.273. The van der Waals surface area contributed by atoms with Crippen LogP contribution in [0.5, 0.6) is 0 Å². The second-order valence-corrected chi connectivity index (χ2v) is 3.64. The van der Waals surface area contributed by atoms with Crippen LogP contribution in [0.4, 0.5) is 0 Å². The molecule has 2 rings (SSSR count). The highest BCUT2D eigenvalue weighted by molar-refractivity contribution is 5.72. The Balaban J connectivity index is 2.12. The number of likely N-dealkylation sites (N-methyl/N-ethyl adjacent to an activating group) is 1. The lowest BCUT2D eigenvalue weighted by Crippen LogP contribution is -2.25. The summed E-state index contributed by atoms with van der Waals surface area (Å²) in [5, 5.41) is 8.61. The molecular weight excluding hydrogens is 208 g/mol. The van der Waals surface area contributed by atoms with Crippen molar-refractivity contribution in [2.75, 3.05) is 13.6 Å². The van der Waals surface area contributed by atoms with Gasteiger partial charge >= 0.3 is 5.97 Å². The summed E-state index contributed by atoms with van der Waals surface area (Å²) in [5.41, 5.74) is 1.52. The zero-order valence-corrected chi connectivity index (χ0v) is 8.88. The average molecular weight is 220 g/mol. The Morgan fingerprint density at radius 2 is 2.25 bits per heavy atom. The summed E-state index contributed by atoms with van der Waals surface area (Å²) in [4.78, 5) is 16.4. The highest BCUT2D eigenvalue weighted by Gasteiger charge is 2.10. The minimum atomic E-state index is -0.862. The van der Waals surface area contributed by atoms with Gasteiger partial charge in [0.05, 0.1) is 13.1 Å². The Morgan fingerprint density at radius 3 is 2.94 bits per heavy atom. The number of rotatable bonds is 4. The van der Waals surface area contributed by atoms with E-state index in [1.807, 2.05) is 24.3 Å². The topological polar surface area (TPSA) is 66.6 Å². The summed E-state index contributed by atoms with van der Waals surface area (Å²) < 4.78 is 5.47. The van der Waals surface area contributed by atoms with E-state index >= 15 is 0 Å². The SMILES string of the molecule is CN(CC(=O)O)Cc1nc2ccccc2o1. The van der Waals surface area contributed by atoms with E-state index in [0.29, 0.717) is 12.4 Å². The van der Waals surface area contributed by atoms with E-state index in [1.54, 1.807) is 11.9 Å². The third kappa shape index (κ3) is 2.38. The summed E-state index contributed by atoms with van der Waals surface area (Å²) in [5.74, 6) is -0.330. The number of hydrogen-bond acceptors (Lipinski definition) is 4. The Hall–Kier alpha value is -1.88. The number of aliphatic carboxylic acids is 1. The molecule has 0 atom stereocenters. The molecule has 0 unspecified atom stereocenters. The fourth-order valence-corrected chi connectivity index (χ4v) is 1.51. The summed E-state index contributed by atoms with van der Waals surface area (Å²) in [7, 11) is 1.71. The molecule has 1 aromatic carbocycles. The summed E-state index contributed by atoms with van der Waals surface area (Å²) >= 11 is 0. The third-order valence-electron chi connectivity index (χ3n) is 2.15. The molecule has 0 fully saturated rings. The maximum atomic E-state index is 10.5. The zero-order chi connectivity index (χ0) is 11.5. The molecule has 84 valence electrons. The first-order valence-electron chi connectivity index (χ1n) is 4.90. The van der Waals surface area contributed by atoms with Crippen LogP contribution in [0.15, 0.2) is 28.7 Å². The molecule has 0 amide bonds. The zero-order valence-electron chi connectivity index (χ0n) is 8.88. The van der Waals surface area contributed by atoms with Gasteiger partial charge in [0, 0.05) is 0 Å². The van der Waals surface area contributed by atoms with Crippen LogP contribution < -0.4 is 0 Å². The number of aromatic nitrogens is 1. The quantitative estimate of drug-likeness (QED) is 0.842. The van der Waals surface area contributed by atoms with E-state index in [9.17, 15) is 4.79 Å². The minimum Gasteiger partial charge on any atom is -0.480 e. The fourth-order valence-electron chi connectivity index (χ4n) is 1.51. The number of carboxylic acid groups (broad SMARTS) is 1. The molecule has 0 saturated carbocycles. The molecule has 16 heavy (non-hydrogen) atoms. The highest BCUT2D eigenvalue weighted by Crippen LogP contribution is 2.15. The Morgan fingerprint density at radius 1 is 1.50 bits per heavy atom. The molecule has 0 radical (unpaired) electrons. The Bertz CT molecular complexity index is 474. The van der Waals surface area contributed by atoms with Gasteiger partial charge in [-0.2, -0.15) is 0 Å². The maximum Gasteiger partial charge on any atom is 0.317 e. The molecule has 1 heterocycles. The molecule has 2 aromatic rings. The van der Waals surface area contributed by atoms with Crippen molar-refractivity contribution in [1.82, 2.24) is 9.88 Å². The van der Waals surface area contributed by atoms with Crippen molar-refractivity contribution >= 4 is 17.1 Å². The van der Waals surface area contributed by atoms with Crippen molar-refractivity contribution in [3.8, 4) is 0 Å². The molecule has 0 spiro atoms. The third-order valence-corrected chi connectivity index (χ3v) is 2.15. The standard InChI is InChI=1S/C11H12N2O3/c1-13(7-11(14)15)6-10-12-8-4-2-3-5-9(8)16-10/h2-5H,6-7H2,1H3,(H,14,15). The number of hydrogen-bond donors (Lipinski definition) is 1. The van der Waals surface area contributed by atoms with Crippen LogP contribution in [0.3, 0.4) is 0 Å². The van der Waals surface area contributed by atoms with Crippen LogP contribution in [0.25, 0.3) is 11.1 Å². The normalized spacial score (nSPS) is 11.1. The molecule has 1 aromatic heterocycles. The lowest BCUT2D eigenvalue weighted by Gasteiger charge is -2.10. The van der Waals surface area contributed by atoms with Gasteiger partial charge in [-0.15, -0.1) is 0 Å². The van der Waals surface area contributed by atoms with Gasteiger partial charge in [0.1, 0.15) is 5.52 Å². The number of carboxylic acids is 1. The number of benzene rings is 1. The first kappa shape index (κ1) is 10.6. The van der Waals surface area contributed by atoms with Crippen molar-refractivity contribution in [3.05, 3.63) is 30.2 Å². The van der Waals surface area contributed by atoms with Gasteiger partial charge in [-0.1, -0.05) is 12.1 Å². The molecule has 0 aliphatic rings. The number of fused-ring (bicyclic) bond motifs is 1. The Kier molecular flexibility index (Phi) is 2.87. The van der Waals surface area contributed by atoms with E-state index in [4.69, 9.17) is 9.52 Å². The molecule has 0 aliphatic heterocycles. The predicted octanol–water partition coefficient (Wildman–Crippen LogP) is 1.34. The number of carbonyl (C=O) groups is 1. The smallest absolute Gasteiger partial charge is 0.317 e. The molecule has 5 nitrogen and oxygen atoms in total. The summed E-state index contributed by atoms with van der Waals surface area (Å²) in [6, 6.07) is 7.45. The second-order valence-electron chi connectivity index (χ2n) is 3.64. The van der Waals surface area contributed by atoms with Gasteiger partial charge in [-0.25, -0.2) is 4.98 Å². The number of nitrogens with zero attached hydrogens (tertiary/aromatic N) is 2. The number of oxazole rings is 1. The molecule has 0 saturated heterocycles. The van der Waals surface area contributed by atoms with Crippen LogP contribution in [0.1, 0.15) is 5.89 Å². The van der Waals surface area contributed by atoms with Gasteiger partial charge in [0.2, 0.25) is 5.89 Å². The first-order chi connectivity index (χ1) is 7.65. The molecule has 1 N–H and O–H groups in total. The van der Waals surface area contributed by atoms with Crippen molar-refractivity contribution in [1.29, 1.82) is 0 Å². The lowest BCUT2D eigenvalue weighted by atomic mass is 10.3.